The molecule has 1 N–H and O–H groups in total. The third-order valence-electron chi connectivity index (χ3n) is 2.34. The zero-order valence-electron chi connectivity index (χ0n) is 8.16. The van der Waals surface area contributed by atoms with Gasteiger partial charge in [-0.25, -0.2) is 0 Å². The number of nitrogens with one attached hydrogen (secondary N) is 1. The van der Waals surface area contributed by atoms with E-state index in [0.29, 0.717) is 5.25 Å². The number of thiophene rings is 1. The summed E-state index contributed by atoms with van der Waals surface area (Å²) in [5, 5.41) is 5.48. The van der Waals surface area contributed by atoms with Crippen LogP contribution in [0.15, 0.2) is 15.2 Å². The van der Waals surface area contributed by atoms with Crippen LogP contribution in [0.3, 0.4) is 0 Å². The quantitative estimate of drug-likeness (QED) is 0.929. The lowest BCUT2D eigenvalue weighted by atomic mass is 10.2. The Morgan fingerprint density at radius 2 is 2.53 bits per heavy atom. The molecule has 0 radical (unpaired) electrons. The third-order valence-corrected chi connectivity index (χ3v) is 5.25. The Morgan fingerprint density at radius 1 is 1.67 bits per heavy atom. The summed E-state index contributed by atoms with van der Waals surface area (Å²) in [4.78, 5) is 11.7. The molecule has 1 aliphatic heterocycles. The normalized spacial score (nSPS) is 20.5. The molecule has 2 heterocycles. The van der Waals surface area contributed by atoms with Crippen LogP contribution in [0, 0.1) is 0 Å². The summed E-state index contributed by atoms with van der Waals surface area (Å²) in [6.07, 6.45) is 2.52. The molecule has 1 aromatic rings. The topological polar surface area (TPSA) is 29.1 Å². The van der Waals surface area contributed by atoms with Crippen LogP contribution < -0.4 is 5.32 Å². The van der Waals surface area contributed by atoms with Crippen molar-refractivity contribution in [1.82, 2.24) is 5.32 Å². The average molecular weight is 306 g/mol. The fourth-order valence-electron chi connectivity index (χ4n) is 1.54. The van der Waals surface area contributed by atoms with Gasteiger partial charge < -0.3 is 5.32 Å². The second-order valence-corrected chi connectivity index (χ2v) is 7.18. The van der Waals surface area contributed by atoms with Crippen molar-refractivity contribution in [2.45, 2.75) is 18.1 Å². The number of carbonyl (C=O) groups is 1. The molecule has 1 saturated heterocycles. The molecular formula is C10H12BrNOS2. The maximum absolute atomic E-state index is 11.7. The molecular weight excluding hydrogens is 294 g/mol. The summed E-state index contributed by atoms with van der Waals surface area (Å²) in [5.41, 5.74) is 0.759. The zero-order valence-corrected chi connectivity index (χ0v) is 11.4. The van der Waals surface area contributed by atoms with E-state index < -0.39 is 0 Å². The minimum atomic E-state index is 0.0458. The molecule has 82 valence electrons. The zero-order chi connectivity index (χ0) is 10.7. The van der Waals surface area contributed by atoms with Crippen molar-refractivity contribution in [2.75, 3.05) is 12.3 Å². The highest BCUT2D eigenvalue weighted by Gasteiger charge is 2.16. The van der Waals surface area contributed by atoms with Gasteiger partial charge in [-0.3, -0.25) is 4.79 Å². The maximum Gasteiger partial charge on any atom is 0.252 e. The van der Waals surface area contributed by atoms with E-state index >= 15 is 0 Å². The standard InChI is InChI=1S/C10H12BrNOS2/c11-9-4-7(6-15-9)10(13)12-5-8-2-1-3-14-8/h4,6,8H,1-3,5H2,(H,12,13). The van der Waals surface area contributed by atoms with Crippen molar-refractivity contribution < 1.29 is 4.79 Å². The fraction of sp³-hybridized carbons (Fsp3) is 0.500. The predicted octanol–water partition coefficient (Wildman–Crippen LogP) is 3.14. The van der Waals surface area contributed by atoms with Gasteiger partial charge in [0.1, 0.15) is 0 Å². The van der Waals surface area contributed by atoms with Crippen LogP contribution in [0.25, 0.3) is 0 Å². The molecule has 0 aliphatic carbocycles. The van der Waals surface area contributed by atoms with Gasteiger partial charge in [-0.15, -0.1) is 11.3 Å². The number of halogens is 1. The molecule has 0 bridgehead atoms. The van der Waals surface area contributed by atoms with E-state index in [1.54, 1.807) is 11.3 Å². The number of rotatable bonds is 3. The molecule has 1 amide bonds. The van der Waals surface area contributed by atoms with Gasteiger partial charge in [0.25, 0.3) is 5.91 Å². The number of amides is 1. The number of thioether (sulfide) groups is 1. The van der Waals surface area contributed by atoms with Crippen molar-refractivity contribution in [3.63, 3.8) is 0 Å². The van der Waals surface area contributed by atoms with Crippen LogP contribution in [0.4, 0.5) is 0 Å². The fourth-order valence-corrected chi connectivity index (χ4v) is 3.88. The Labute approximate surface area is 106 Å². The summed E-state index contributed by atoms with van der Waals surface area (Å²) in [6.45, 7) is 0.803. The van der Waals surface area contributed by atoms with Gasteiger partial charge in [-0.05, 0) is 40.6 Å². The van der Waals surface area contributed by atoms with Crippen molar-refractivity contribution >= 4 is 44.9 Å². The first-order valence-corrected chi connectivity index (χ1v) is 7.61. The Kier molecular flexibility index (Phi) is 4.11. The lowest BCUT2D eigenvalue weighted by Gasteiger charge is -2.08. The average Bonchev–Trinajstić information content (AvgIpc) is 2.84. The summed E-state index contributed by atoms with van der Waals surface area (Å²) in [5.74, 6) is 1.29. The number of carbonyl (C=O) groups excluding carboxylic acids is 1. The highest BCUT2D eigenvalue weighted by molar-refractivity contribution is 9.11. The summed E-state index contributed by atoms with van der Waals surface area (Å²) < 4.78 is 1.00. The van der Waals surface area contributed by atoms with Crippen molar-refractivity contribution in [1.29, 1.82) is 0 Å². The van der Waals surface area contributed by atoms with Gasteiger partial charge in [0.15, 0.2) is 0 Å². The van der Waals surface area contributed by atoms with Gasteiger partial charge in [-0.1, -0.05) is 0 Å². The smallest absolute Gasteiger partial charge is 0.252 e. The van der Waals surface area contributed by atoms with E-state index in [9.17, 15) is 4.79 Å². The molecule has 1 aliphatic rings. The molecule has 5 heteroatoms. The largest absolute Gasteiger partial charge is 0.351 e. The third kappa shape index (κ3) is 3.23. The van der Waals surface area contributed by atoms with Crippen LogP contribution in [0.2, 0.25) is 0 Å². The summed E-state index contributed by atoms with van der Waals surface area (Å²) in [7, 11) is 0. The highest BCUT2D eigenvalue weighted by Crippen LogP contribution is 2.25. The van der Waals surface area contributed by atoms with E-state index in [-0.39, 0.29) is 5.91 Å². The van der Waals surface area contributed by atoms with Gasteiger partial charge in [-0.2, -0.15) is 11.8 Å². The summed E-state index contributed by atoms with van der Waals surface area (Å²) in [6, 6.07) is 1.86. The molecule has 1 unspecified atom stereocenters. The Balaban J connectivity index is 1.81. The minimum Gasteiger partial charge on any atom is -0.351 e. The van der Waals surface area contributed by atoms with Crippen molar-refractivity contribution in [2.24, 2.45) is 0 Å². The van der Waals surface area contributed by atoms with Gasteiger partial charge >= 0.3 is 0 Å². The predicted molar refractivity (Wildman–Crippen MR) is 69.8 cm³/mol. The van der Waals surface area contributed by atoms with Gasteiger partial charge in [0, 0.05) is 17.2 Å². The Bertz CT molecular complexity index is 347. The lowest BCUT2D eigenvalue weighted by Crippen LogP contribution is -2.29. The van der Waals surface area contributed by atoms with Gasteiger partial charge in [0.2, 0.25) is 0 Å². The Hall–Kier alpha value is -0.000000000000000111. The number of hydrogen-bond acceptors (Lipinski definition) is 3. The first-order chi connectivity index (χ1) is 7.25. The molecule has 1 fully saturated rings. The molecule has 0 spiro atoms. The van der Waals surface area contributed by atoms with E-state index in [1.807, 2.05) is 23.2 Å². The maximum atomic E-state index is 11.7. The molecule has 2 nitrogen and oxygen atoms in total. The van der Waals surface area contributed by atoms with Crippen molar-refractivity contribution in [3.8, 4) is 0 Å². The van der Waals surface area contributed by atoms with Crippen LogP contribution in [-0.4, -0.2) is 23.5 Å². The number of hydrogen-bond donors (Lipinski definition) is 1. The first kappa shape index (κ1) is 11.5. The van der Waals surface area contributed by atoms with Crippen LogP contribution >= 0.6 is 39.0 Å². The van der Waals surface area contributed by atoms with E-state index in [4.69, 9.17) is 0 Å². The minimum absolute atomic E-state index is 0.0458. The second kappa shape index (κ2) is 5.37. The molecule has 0 aromatic carbocycles. The second-order valence-electron chi connectivity index (χ2n) is 3.48. The molecule has 1 atom stereocenters. The molecule has 15 heavy (non-hydrogen) atoms. The van der Waals surface area contributed by atoms with Crippen LogP contribution in [0.5, 0.6) is 0 Å². The molecule has 0 saturated carbocycles. The van der Waals surface area contributed by atoms with E-state index in [0.717, 1.165) is 15.9 Å². The van der Waals surface area contributed by atoms with Crippen LogP contribution in [0.1, 0.15) is 23.2 Å². The summed E-state index contributed by atoms with van der Waals surface area (Å²) >= 11 is 6.86. The lowest BCUT2D eigenvalue weighted by molar-refractivity contribution is 0.0954. The Morgan fingerprint density at radius 3 is 3.13 bits per heavy atom. The van der Waals surface area contributed by atoms with Gasteiger partial charge in [0.05, 0.1) is 9.35 Å². The molecule has 1 aromatic heterocycles. The van der Waals surface area contributed by atoms with E-state index in [1.165, 1.54) is 18.6 Å². The van der Waals surface area contributed by atoms with Crippen LogP contribution in [-0.2, 0) is 0 Å². The van der Waals surface area contributed by atoms with E-state index in [2.05, 4.69) is 21.2 Å². The first-order valence-electron chi connectivity index (χ1n) is 4.89. The SMILES string of the molecule is O=C(NCC1CCCS1)c1csc(Br)c1. The monoisotopic (exact) mass is 305 g/mol. The molecule has 2 rings (SSSR count). The van der Waals surface area contributed by atoms with Crippen molar-refractivity contribution in [3.05, 3.63) is 20.8 Å². The highest BCUT2D eigenvalue weighted by atomic mass is 79.9.